The van der Waals surface area contributed by atoms with Crippen LogP contribution in [0, 0.1) is 13.8 Å². The van der Waals surface area contributed by atoms with Gasteiger partial charge in [-0.25, -0.2) is 4.79 Å². The molecule has 1 rings (SSSR count). The molecule has 1 unspecified atom stereocenters. The van der Waals surface area contributed by atoms with E-state index in [1.807, 2.05) is 26.0 Å². The molecule has 6 nitrogen and oxygen atoms in total. The van der Waals surface area contributed by atoms with E-state index in [0.29, 0.717) is 25.5 Å². The van der Waals surface area contributed by atoms with Gasteiger partial charge < -0.3 is 19.3 Å². The number of esters is 1. The Labute approximate surface area is 137 Å². The molecule has 0 aromatic heterocycles. The molecule has 0 fully saturated rings. The Kier molecular flexibility index (Phi) is 8.47. The van der Waals surface area contributed by atoms with Crippen LogP contribution in [0.4, 0.5) is 0 Å². The van der Waals surface area contributed by atoms with E-state index in [9.17, 15) is 4.79 Å². The Bertz CT molecular complexity index is 519. The number of ether oxygens (including phenoxy) is 3. The molecule has 0 aliphatic carbocycles. The number of nitrogens with zero attached hydrogens (tertiary/aromatic N) is 1. The summed E-state index contributed by atoms with van der Waals surface area (Å²) in [5, 5.41) is 8.59. The smallest absolute Gasteiger partial charge is 0.340 e. The van der Waals surface area contributed by atoms with Crippen molar-refractivity contribution in [1.29, 1.82) is 0 Å². The van der Waals surface area contributed by atoms with Gasteiger partial charge in [-0.2, -0.15) is 0 Å². The normalized spacial score (nSPS) is 12.6. The lowest BCUT2D eigenvalue weighted by atomic mass is 10.1. The molecule has 1 aromatic carbocycles. The van der Waals surface area contributed by atoms with E-state index in [2.05, 4.69) is 4.99 Å². The van der Waals surface area contributed by atoms with Crippen LogP contribution >= 0.6 is 0 Å². The van der Waals surface area contributed by atoms with Crippen LogP contribution in [-0.2, 0) is 14.3 Å². The van der Waals surface area contributed by atoms with E-state index in [1.54, 1.807) is 13.1 Å². The lowest BCUT2D eigenvalue weighted by molar-refractivity contribution is -0.144. The van der Waals surface area contributed by atoms with Crippen molar-refractivity contribution in [2.75, 3.05) is 33.5 Å². The molecule has 1 aromatic rings. The first kappa shape index (κ1) is 19.3. The van der Waals surface area contributed by atoms with Gasteiger partial charge >= 0.3 is 5.97 Å². The monoisotopic (exact) mass is 323 g/mol. The molecule has 0 radical (unpaired) electrons. The number of rotatable bonds is 9. The Morgan fingerprint density at radius 3 is 2.52 bits per heavy atom. The van der Waals surface area contributed by atoms with Crippen molar-refractivity contribution in [2.45, 2.75) is 26.9 Å². The first-order valence-corrected chi connectivity index (χ1v) is 7.53. The zero-order chi connectivity index (χ0) is 17.2. The van der Waals surface area contributed by atoms with Crippen LogP contribution in [0.2, 0.25) is 0 Å². The van der Waals surface area contributed by atoms with Gasteiger partial charge in [0.15, 0.2) is 6.10 Å². The lowest BCUT2D eigenvalue weighted by Gasteiger charge is -2.14. The van der Waals surface area contributed by atoms with Gasteiger partial charge in [0.05, 0.1) is 26.4 Å². The molecule has 0 bridgehead atoms. The highest BCUT2D eigenvalue weighted by atomic mass is 16.6. The largest absolute Gasteiger partial charge is 0.424 e. The number of aryl methyl sites for hydroxylation is 2. The van der Waals surface area contributed by atoms with Crippen LogP contribution in [0.5, 0.6) is 5.75 Å². The molecule has 0 amide bonds. The maximum atomic E-state index is 11.8. The molecule has 0 aliphatic rings. The second-order valence-electron chi connectivity index (χ2n) is 5.15. The van der Waals surface area contributed by atoms with Crippen molar-refractivity contribution in [3.63, 3.8) is 0 Å². The fraction of sp³-hybridized carbons (Fsp3) is 0.529. The van der Waals surface area contributed by atoms with Crippen molar-refractivity contribution < 1.29 is 24.1 Å². The maximum Gasteiger partial charge on any atom is 0.340 e. The molecule has 1 atom stereocenters. The predicted molar refractivity (Wildman–Crippen MR) is 88.4 cm³/mol. The Morgan fingerprint density at radius 1 is 1.30 bits per heavy atom. The fourth-order valence-corrected chi connectivity index (χ4v) is 1.95. The predicted octanol–water partition coefficient (Wildman–Crippen LogP) is 1.67. The van der Waals surface area contributed by atoms with Crippen molar-refractivity contribution >= 4 is 12.2 Å². The second kappa shape index (κ2) is 10.1. The van der Waals surface area contributed by atoms with Gasteiger partial charge in [-0.15, -0.1) is 0 Å². The molecule has 0 saturated heterocycles. The first-order valence-electron chi connectivity index (χ1n) is 7.53. The summed E-state index contributed by atoms with van der Waals surface area (Å²) in [5.41, 5.74) is 2.65. The van der Waals surface area contributed by atoms with E-state index in [4.69, 9.17) is 19.3 Å². The number of aliphatic hydroxyl groups excluding tert-OH is 1. The highest BCUT2D eigenvalue weighted by Gasteiger charge is 2.17. The summed E-state index contributed by atoms with van der Waals surface area (Å²) in [5.74, 6) is 0.142. The SMILES string of the molecule is COC(C)C(=O)Oc1c(C)cc(/C=N/CCOCCO)cc1C. The van der Waals surface area contributed by atoms with Gasteiger partial charge in [0.2, 0.25) is 0 Å². The van der Waals surface area contributed by atoms with Gasteiger partial charge in [0, 0.05) is 13.3 Å². The third kappa shape index (κ3) is 6.48. The maximum absolute atomic E-state index is 11.8. The molecule has 0 saturated carbocycles. The summed E-state index contributed by atoms with van der Waals surface area (Å²) >= 11 is 0. The number of benzene rings is 1. The zero-order valence-corrected chi connectivity index (χ0v) is 14.2. The third-order valence-corrected chi connectivity index (χ3v) is 3.21. The first-order chi connectivity index (χ1) is 11.0. The Morgan fingerprint density at radius 2 is 1.96 bits per heavy atom. The van der Waals surface area contributed by atoms with Crippen LogP contribution in [0.15, 0.2) is 17.1 Å². The Balaban J connectivity index is 2.69. The number of aliphatic imine (C=N–C) groups is 1. The van der Waals surface area contributed by atoms with Crippen molar-refractivity contribution in [2.24, 2.45) is 4.99 Å². The molecule has 0 spiro atoms. The minimum atomic E-state index is -0.603. The van der Waals surface area contributed by atoms with Crippen LogP contribution in [0.25, 0.3) is 0 Å². The molecular weight excluding hydrogens is 298 g/mol. The van der Waals surface area contributed by atoms with E-state index in [1.165, 1.54) is 7.11 Å². The highest BCUT2D eigenvalue weighted by Crippen LogP contribution is 2.25. The zero-order valence-electron chi connectivity index (χ0n) is 14.2. The van der Waals surface area contributed by atoms with Crippen molar-refractivity contribution in [1.82, 2.24) is 0 Å². The summed E-state index contributed by atoms with van der Waals surface area (Å²) in [6, 6.07) is 3.82. The number of hydrogen-bond donors (Lipinski definition) is 1. The topological polar surface area (TPSA) is 77.4 Å². The molecule has 23 heavy (non-hydrogen) atoms. The number of carbonyl (C=O) groups excluding carboxylic acids is 1. The van der Waals surface area contributed by atoms with Gasteiger partial charge in [-0.05, 0) is 49.6 Å². The number of carbonyl (C=O) groups is 1. The molecule has 0 heterocycles. The fourth-order valence-electron chi connectivity index (χ4n) is 1.95. The minimum absolute atomic E-state index is 0.0178. The van der Waals surface area contributed by atoms with Crippen LogP contribution in [-0.4, -0.2) is 56.9 Å². The van der Waals surface area contributed by atoms with E-state index in [-0.39, 0.29) is 6.61 Å². The molecule has 0 aliphatic heterocycles. The summed E-state index contributed by atoms with van der Waals surface area (Å²) in [7, 11) is 1.47. The van der Waals surface area contributed by atoms with Gasteiger partial charge in [-0.3, -0.25) is 4.99 Å². The van der Waals surface area contributed by atoms with E-state index in [0.717, 1.165) is 16.7 Å². The molecular formula is C17H25NO5. The summed E-state index contributed by atoms with van der Waals surface area (Å²) in [4.78, 5) is 16.1. The van der Waals surface area contributed by atoms with E-state index >= 15 is 0 Å². The van der Waals surface area contributed by atoms with Crippen LogP contribution < -0.4 is 4.74 Å². The quantitative estimate of drug-likeness (QED) is 0.324. The number of aliphatic hydroxyl groups is 1. The summed E-state index contributed by atoms with van der Waals surface area (Å²) in [6.07, 6.45) is 1.15. The van der Waals surface area contributed by atoms with Gasteiger partial charge in [0.25, 0.3) is 0 Å². The Hall–Kier alpha value is -1.76. The number of hydrogen-bond acceptors (Lipinski definition) is 6. The average molecular weight is 323 g/mol. The minimum Gasteiger partial charge on any atom is -0.424 e. The van der Waals surface area contributed by atoms with Gasteiger partial charge in [0.1, 0.15) is 5.75 Å². The lowest BCUT2D eigenvalue weighted by Crippen LogP contribution is -2.25. The number of methoxy groups -OCH3 is 1. The summed E-state index contributed by atoms with van der Waals surface area (Å²) < 4.78 is 15.5. The molecule has 1 N–H and O–H groups in total. The standard InChI is InChI=1S/C17H25NO5/c1-12-9-15(11-18-5-7-22-8-6-19)10-13(2)16(12)23-17(20)14(3)21-4/h9-11,14,19H,5-8H2,1-4H3/b18-11+. The second-order valence-corrected chi connectivity index (χ2v) is 5.15. The summed E-state index contributed by atoms with van der Waals surface area (Å²) in [6.45, 7) is 6.76. The molecule has 128 valence electrons. The van der Waals surface area contributed by atoms with Gasteiger partial charge in [-0.1, -0.05) is 0 Å². The van der Waals surface area contributed by atoms with Crippen molar-refractivity contribution in [3.8, 4) is 5.75 Å². The highest BCUT2D eigenvalue weighted by molar-refractivity contribution is 5.82. The van der Waals surface area contributed by atoms with Crippen molar-refractivity contribution in [3.05, 3.63) is 28.8 Å². The van der Waals surface area contributed by atoms with Crippen LogP contribution in [0.3, 0.4) is 0 Å². The third-order valence-electron chi connectivity index (χ3n) is 3.21. The van der Waals surface area contributed by atoms with Crippen LogP contribution in [0.1, 0.15) is 23.6 Å². The average Bonchev–Trinajstić information content (AvgIpc) is 2.53. The van der Waals surface area contributed by atoms with E-state index < -0.39 is 12.1 Å². The molecule has 6 heteroatoms.